The molecular weight excluding hydrogens is 348 g/mol. The Morgan fingerprint density at radius 2 is 2.04 bits per heavy atom. The van der Waals surface area contributed by atoms with Crippen LogP contribution < -0.4 is 4.72 Å². The van der Waals surface area contributed by atoms with Crippen molar-refractivity contribution in [2.75, 3.05) is 26.2 Å². The molecule has 9 heteroatoms. The molecule has 0 aromatic heterocycles. The predicted molar refractivity (Wildman–Crippen MR) is 89.7 cm³/mol. The first-order valence-electron chi connectivity index (χ1n) is 7.67. The molecule has 136 valence electrons. The molecule has 1 heterocycles. The Labute approximate surface area is 146 Å². The van der Waals surface area contributed by atoms with E-state index in [2.05, 4.69) is 11.3 Å². The van der Waals surface area contributed by atoms with Crippen molar-refractivity contribution in [3.8, 4) is 0 Å². The molecule has 2 N–H and O–H groups in total. The molecule has 0 spiro atoms. The van der Waals surface area contributed by atoms with Crippen molar-refractivity contribution in [2.24, 2.45) is 0 Å². The van der Waals surface area contributed by atoms with E-state index in [1.165, 1.54) is 35.2 Å². The smallest absolute Gasteiger partial charge is 0.306 e. The minimum absolute atomic E-state index is 0.0524. The number of carboxylic acid groups (broad SMARTS) is 1. The molecule has 1 atom stereocenters. The number of amides is 1. The Bertz CT molecular complexity index is 744. The fourth-order valence-corrected chi connectivity index (χ4v) is 3.43. The average Bonchev–Trinajstić information content (AvgIpc) is 2.59. The van der Waals surface area contributed by atoms with E-state index < -0.39 is 22.1 Å². The zero-order valence-electron chi connectivity index (χ0n) is 13.6. The first-order valence-corrected chi connectivity index (χ1v) is 9.15. The molecule has 1 amide bonds. The number of carbonyl (C=O) groups excluding carboxylic acids is 1. The zero-order chi connectivity index (χ0) is 18.4. The molecule has 2 rings (SSSR count). The number of carbonyl (C=O) groups is 2. The van der Waals surface area contributed by atoms with Gasteiger partial charge in [0.2, 0.25) is 10.0 Å². The van der Waals surface area contributed by atoms with E-state index >= 15 is 0 Å². The molecule has 1 aliphatic rings. The maximum atomic E-state index is 12.5. The summed E-state index contributed by atoms with van der Waals surface area (Å²) in [7, 11) is -3.64. The van der Waals surface area contributed by atoms with Crippen LogP contribution in [0.2, 0.25) is 0 Å². The summed E-state index contributed by atoms with van der Waals surface area (Å²) in [6.07, 6.45) is 0.718. The van der Waals surface area contributed by atoms with Crippen molar-refractivity contribution in [3.63, 3.8) is 0 Å². The summed E-state index contributed by atoms with van der Waals surface area (Å²) in [5, 5.41) is 8.82. The standard InChI is InChI=1S/C16H20N2O6S/c1-2-7-17-25(22,23)14-5-3-12(4-6-14)16(21)18-8-9-24-13(11-18)10-15(19)20/h2-6,13,17H,1,7-11H2,(H,19,20). The molecule has 8 nitrogen and oxygen atoms in total. The van der Waals surface area contributed by atoms with Gasteiger partial charge in [0.05, 0.1) is 24.0 Å². The number of benzene rings is 1. The van der Waals surface area contributed by atoms with Crippen molar-refractivity contribution in [2.45, 2.75) is 17.4 Å². The van der Waals surface area contributed by atoms with E-state index in [0.29, 0.717) is 12.1 Å². The van der Waals surface area contributed by atoms with Gasteiger partial charge >= 0.3 is 5.97 Å². The normalized spacial score (nSPS) is 17.9. The van der Waals surface area contributed by atoms with Crippen LogP contribution in [0.25, 0.3) is 0 Å². The number of hydrogen-bond donors (Lipinski definition) is 2. The van der Waals surface area contributed by atoms with Crippen LogP contribution in [0, 0.1) is 0 Å². The summed E-state index contributed by atoms with van der Waals surface area (Å²) >= 11 is 0. The van der Waals surface area contributed by atoms with E-state index in [4.69, 9.17) is 9.84 Å². The first-order chi connectivity index (χ1) is 11.8. The van der Waals surface area contributed by atoms with E-state index in [9.17, 15) is 18.0 Å². The lowest BCUT2D eigenvalue weighted by atomic mass is 10.1. The van der Waals surface area contributed by atoms with Crippen molar-refractivity contribution in [1.29, 1.82) is 0 Å². The number of carboxylic acids is 1. The molecule has 0 bridgehead atoms. The third-order valence-corrected chi connectivity index (χ3v) is 5.10. The maximum Gasteiger partial charge on any atom is 0.306 e. The predicted octanol–water partition coefficient (Wildman–Crippen LogP) is 0.467. The highest BCUT2D eigenvalue weighted by Crippen LogP contribution is 2.15. The Morgan fingerprint density at radius 3 is 2.64 bits per heavy atom. The highest BCUT2D eigenvalue weighted by Gasteiger charge is 2.26. The fraction of sp³-hybridized carbons (Fsp3) is 0.375. The van der Waals surface area contributed by atoms with Gasteiger partial charge in [-0.1, -0.05) is 6.08 Å². The Balaban J connectivity index is 2.07. The Morgan fingerprint density at radius 1 is 1.36 bits per heavy atom. The molecule has 1 fully saturated rings. The van der Waals surface area contributed by atoms with Crippen LogP contribution in [0.3, 0.4) is 0 Å². The van der Waals surface area contributed by atoms with Gasteiger partial charge in [-0.2, -0.15) is 0 Å². The number of aliphatic carboxylic acids is 1. The number of sulfonamides is 1. The van der Waals surface area contributed by atoms with E-state index in [1.54, 1.807) is 0 Å². The molecule has 1 aliphatic heterocycles. The summed E-state index contributed by atoms with van der Waals surface area (Å²) in [4.78, 5) is 24.8. The van der Waals surface area contributed by atoms with Gasteiger partial charge < -0.3 is 14.7 Å². The molecule has 1 aromatic rings. The van der Waals surface area contributed by atoms with Crippen molar-refractivity contribution in [1.82, 2.24) is 9.62 Å². The van der Waals surface area contributed by atoms with Crippen molar-refractivity contribution < 1.29 is 27.9 Å². The van der Waals surface area contributed by atoms with Gasteiger partial charge in [-0.15, -0.1) is 6.58 Å². The van der Waals surface area contributed by atoms with Crippen LogP contribution in [-0.4, -0.2) is 62.6 Å². The third-order valence-electron chi connectivity index (χ3n) is 3.66. The topological polar surface area (TPSA) is 113 Å². The van der Waals surface area contributed by atoms with Gasteiger partial charge in [0, 0.05) is 25.2 Å². The number of nitrogens with one attached hydrogen (secondary N) is 1. The second-order valence-electron chi connectivity index (χ2n) is 5.51. The summed E-state index contributed by atoms with van der Waals surface area (Å²) in [5.41, 5.74) is 0.332. The number of ether oxygens (including phenoxy) is 1. The third kappa shape index (κ3) is 5.12. The number of morpholine rings is 1. The minimum atomic E-state index is -3.64. The van der Waals surface area contributed by atoms with E-state index in [1.807, 2.05) is 0 Å². The van der Waals surface area contributed by atoms with Crippen LogP contribution in [-0.2, 0) is 19.6 Å². The minimum Gasteiger partial charge on any atom is -0.481 e. The Kier molecular flexibility index (Phi) is 6.29. The van der Waals surface area contributed by atoms with Gasteiger partial charge in [-0.3, -0.25) is 9.59 Å². The van der Waals surface area contributed by atoms with E-state index in [-0.39, 0.29) is 36.9 Å². The van der Waals surface area contributed by atoms with E-state index in [0.717, 1.165) is 0 Å². The average molecular weight is 368 g/mol. The van der Waals surface area contributed by atoms with Crippen LogP contribution in [0.15, 0.2) is 41.8 Å². The highest BCUT2D eigenvalue weighted by molar-refractivity contribution is 7.89. The number of hydrogen-bond acceptors (Lipinski definition) is 5. The molecule has 0 radical (unpaired) electrons. The van der Waals surface area contributed by atoms with Gasteiger partial charge in [0.15, 0.2) is 0 Å². The van der Waals surface area contributed by atoms with Crippen LogP contribution >= 0.6 is 0 Å². The molecule has 1 saturated heterocycles. The SMILES string of the molecule is C=CCNS(=O)(=O)c1ccc(C(=O)N2CCOC(CC(=O)O)C2)cc1. The second kappa shape index (κ2) is 8.24. The monoisotopic (exact) mass is 368 g/mol. The van der Waals surface area contributed by atoms with Crippen LogP contribution in [0.4, 0.5) is 0 Å². The number of rotatable bonds is 7. The molecule has 25 heavy (non-hydrogen) atoms. The first kappa shape index (κ1) is 19.1. The van der Waals surface area contributed by atoms with Crippen LogP contribution in [0.1, 0.15) is 16.8 Å². The molecule has 0 saturated carbocycles. The summed E-state index contributed by atoms with van der Waals surface area (Å²) in [5.74, 6) is -1.28. The molecule has 1 unspecified atom stereocenters. The molecular formula is C16H20N2O6S. The summed E-state index contributed by atoms with van der Waals surface area (Å²) in [6, 6.07) is 5.58. The highest BCUT2D eigenvalue weighted by atomic mass is 32.2. The van der Waals surface area contributed by atoms with Crippen molar-refractivity contribution in [3.05, 3.63) is 42.5 Å². The lowest BCUT2D eigenvalue weighted by Gasteiger charge is -2.32. The van der Waals surface area contributed by atoms with Gasteiger partial charge in [0.1, 0.15) is 0 Å². The van der Waals surface area contributed by atoms with Gasteiger partial charge in [0.25, 0.3) is 5.91 Å². The molecule has 0 aliphatic carbocycles. The lowest BCUT2D eigenvalue weighted by Crippen LogP contribution is -2.46. The van der Waals surface area contributed by atoms with Gasteiger partial charge in [-0.05, 0) is 24.3 Å². The maximum absolute atomic E-state index is 12.5. The lowest BCUT2D eigenvalue weighted by molar-refractivity contribution is -0.141. The zero-order valence-corrected chi connectivity index (χ0v) is 14.4. The van der Waals surface area contributed by atoms with Crippen molar-refractivity contribution >= 4 is 21.9 Å². The quantitative estimate of drug-likeness (QED) is 0.677. The second-order valence-corrected chi connectivity index (χ2v) is 7.27. The summed E-state index contributed by atoms with van der Waals surface area (Å²) in [6.45, 7) is 4.37. The summed E-state index contributed by atoms with van der Waals surface area (Å²) < 4.78 is 31.7. The van der Waals surface area contributed by atoms with Gasteiger partial charge in [-0.25, -0.2) is 13.1 Å². The fourth-order valence-electron chi connectivity index (χ4n) is 2.43. The Hall–Kier alpha value is -2.23. The molecule has 1 aromatic carbocycles. The van der Waals surface area contributed by atoms with Crippen LogP contribution in [0.5, 0.6) is 0 Å². The number of nitrogens with zero attached hydrogens (tertiary/aromatic N) is 1. The largest absolute Gasteiger partial charge is 0.481 e.